The molecular weight excluding hydrogens is 418 g/mol. The Morgan fingerprint density at radius 2 is 2.00 bits per heavy atom. The molecule has 0 radical (unpaired) electrons. The summed E-state index contributed by atoms with van der Waals surface area (Å²) < 4.78 is 5.39. The van der Waals surface area contributed by atoms with Gasteiger partial charge in [0.1, 0.15) is 5.82 Å². The number of aromatic carboxylic acids is 1. The Balaban J connectivity index is 1.51. The van der Waals surface area contributed by atoms with Crippen LogP contribution in [0.5, 0.6) is 0 Å². The van der Waals surface area contributed by atoms with E-state index in [2.05, 4.69) is 25.5 Å². The molecule has 0 saturated carbocycles. The first-order chi connectivity index (χ1) is 15.1. The molecule has 2 heterocycles. The zero-order chi connectivity index (χ0) is 21.6. The Morgan fingerprint density at radius 1 is 1.16 bits per heavy atom. The van der Waals surface area contributed by atoms with E-state index in [0.717, 1.165) is 11.3 Å². The average molecular weight is 440 g/mol. The van der Waals surface area contributed by atoms with Crippen molar-refractivity contribution >= 4 is 40.7 Å². The van der Waals surface area contributed by atoms with Crippen LogP contribution in [0.3, 0.4) is 0 Å². The van der Waals surface area contributed by atoms with Crippen LogP contribution >= 0.6 is 11.6 Å². The molecular formula is C22H22ClN5O3. The van der Waals surface area contributed by atoms with Crippen LogP contribution in [0.25, 0.3) is 0 Å². The van der Waals surface area contributed by atoms with E-state index in [1.54, 1.807) is 24.4 Å². The molecule has 1 aromatic heterocycles. The molecule has 4 rings (SSSR count). The van der Waals surface area contributed by atoms with Gasteiger partial charge in [0.15, 0.2) is 0 Å². The number of aromatic nitrogens is 2. The van der Waals surface area contributed by atoms with E-state index in [0.29, 0.717) is 55.3 Å². The number of carbonyl (C=O) groups is 1. The zero-order valence-corrected chi connectivity index (χ0v) is 17.5. The standard InChI is InChI=1S/C22H22ClN5O3/c23-17-3-1-2-15(10-17)14-25-20-4-5-24-22(27-20)26-18-11-16(21(29)30)12-19(13-18)28-6-8-31-9-7-28/h1-5,10-13H,6-9,14H2,(H,29,30)(H2,24,25,26,27). The lowest BCUT2D eigenvalue weighted by molar-refractivity contribution is 0.0697. The first kappa shape index (κ1) is 20.9. The van der Waals surface area contributed by atoms with Gasteiger partial charge >= 0.3 is 5.97 Å². The van der Waals surface area contributed by atoms with Gasteiger partial charge in [0.2, 0.25) is 5.95 Å². The molecule has 0 atom stereocenters. The van der Waals surface area contributed by atoms with E-state index in [9.17, 15) is 9.90 Å². The quantitative estimate of drug-likeness (QED) is 0.507. The van der Waals surface area contributed by atoms with Gasteiger partial charge in [0, 0.05) is 42.2 Å². The molecule has 1 aliphatic rings. The number of carboxylic acids is 1. The van der Waals surface area contributed by atoms with E-state index >= 15 is 0 Å². The number of anilines is 4. The minimum Gasteiger partial charge on any atom is -0.478 e. The number of hydrogen-bond acceptors (Lipinski definition) is 7. The van der Waals surface area contributed by atoms with Crippen molar-refractivity contribution in [3.63, 3.8) is 0 Å². The lowest BCUT2D eigenvalue weighted by Gasteiger charge is -2.29. The molecule has 160 valence electrons. The molecule has 0 spiro atoms. The van der Waals surface area contributed by atoms with Gasteiger partial charge < -0.3 is 25.4 Å². The highest BCUT2D eigenvalue weighted by Gasteiger charge is 2.15. The van der Waals surface area contributed by atoms with Crippen LogP contribution < -0.4 is 15.5 Å². The molecule has 3 N–H and O–H groups in total. The van der Waals surface area contributed by atoms with Crippen molar-refractivity contribution in [2.45, 2.75) is 6.54 Å². The van der Waals surface area contributed by atoms with Crippen LogP contribution in [0.2, 0.25) is 5.02 Å². The lowest BCUT2D eigenvalue weighted by atomic mass is 10.1. The molecule has 9 heteroatoms. The molecule has 8 nitrogen and oxygen atoms in total. The van der Waals surface area contributed by atoms with Crippen molar-refractivity contribution in [2.75, 3.05) is 41.8 Å². The van der Waals surface area contributed by atoms with Gasteiger partial charge in [-0.25, -0.2) is 9.78 Å². The summed E-state index contributed by atoms with van der Waals surface area (Å²) in [5, 5.41) is 16.6. The Kier molecular flexibility index (Phi) is 6.49. The van der Waals surface area contributed by atoms with Gasteiger partial charge in [0.25, 0.3) is 0 Å². The van der Waals surface area contributed by atoms with E-state index in [1.807, 2.05) is 30.3 Å². The second kappa shape index (κ2) is 9.63. The fourth-order valence-corrected chi connectivity index (χ4v) is 3.51. The molecule has 1 aliphatic heterocycles. The number of benzene rings is 2. The van der Waals surface area contributed by atoms with Gasteiger partial charge in [-0.1, -0.05) is 23.7 Å². The van der Waals surface area contributed by atoms with Crippen LogP contribution in [-0.4, -0.2) is 47.3 Å². The Labute approximate surface area is 184 Å². The van der Waals surface area contributed by atoms with Gasteiger partial charge in [-0.05, 0) is 42.0 Å². The van der Waals surface area contributed by atoms with Crippen molar-refractivity contribution in [1.82, 2.24) is 9.97 Å². The molecule has 3 aromatic rings. The summed E-state index contributed by atoms with van der Waals surface area (Å²) in [7, 11) is 0. The monoisotopic (exact) mass is 439 g/mol. The summed E-state index contributed by atoms with van der Waals surface area (Å²) in [6.07, 6.45) is 1.64. The summed E-state index contributed by atoms with van der Waals surface area (Å²) in [5.74, 6) is 0.0165. The Morgan fingerprint density at radius 3 is 2.77 bits per heavy atom. The number of rotatable bonds is 7. The number of morpholine rings is 1. The van der Waals surface area contributed by atoms with Gasteiger partial charge in [0.05, 0.1) is 18.8 Å². The van der Waals surface area contributed by atoms with Crippen molar-refractivity contribution in [3.05, 3.63) is 70.9 Å². The number of nitrogens with one attached hydrogen (secondary N) is 2. The second-order valence-electron chi connectivity index (χ2n) is 7.05. The van der Waals surface area contributed by atoms with Gasteiger partial charge in [-0.15, -0.1) is 0 Å². The predicted molar refractivity (Wildman–Crippen MR) is 121 cm³/mol. The highest BCUT2D eigenvalue weighted by Crippen LogP contribution is 2.25. The summed E-state index contributed by atoms with van der Waals surface area (Å²) in [6, 6.07) is 14.5. The summed E-state index contributed by atoms with van der Waals surface area (Å²) in [4.78, 5) is 22.5. The summed E-state index contributed by atoms with van der Waals surface area (Å²) >= 11 is 6.03. The van der Waals surface area contributed by atoms with Gasteiger partial charge in [-0.3, -0.25) is 0 Å². The number of carboxylic acid groups (broad SMARTS) is 1. The third kappa shape index (κ3) is 5.62. The van der Waals surface area contributed by atoms with Gasteiger partial charge in [-0.2, -0.15) is 4.98 Å². The molecule has 1 saturated heterocycles. The van der Waals surface area contributed by atoms with E-state index in [1.165, 1.54) is 0 Å². The predicted octanol–water partition coefficient (Wildman–Crippen LogP) is 4.02. The van der Waals surface area contributed by atoms with E-state index in [-0.39, 0.29) is 5.56 Å². The highest BCUT2D eigenvalue weighted by molar-refractivity contribution is 6.30. The van der Waals surface area contributed by atoms with Crippen LogP contribution in [0.4, 0.5) is 23.1 Å². The Bertz CT molecular complexity index is 1070. The maximum absolute atomic E-state index is 11.6. The average Bonchev–Trinajstić information content (AvgIpc) is 2.78. The van der Waals surface area contributed by atoms with Crippen LogP contribution in [0, 0.1) is 0 Å². The van der Waals surface area contributed by atoms with E-state index < -0.39 is 5.97 Å². The molecule has 31 heavy (non-hydrogen) atoms. The third-order valence-corrected chi connectivity index (χ3v) is 5.05. The maximum atomic E-state index is 11.6. The minimum absolute atomic E-state index is 0.196. The molecule has 1 fully saturated rings. The van der Waals surface area contributed by atoms with Crippen molar-refractivity contribution in [2.24, 2.45) is 0 Å². The van der Waals surface area contributed by atoms with E-state index in [4.69, 9.17) is 16.3 Å². The van der Waals surface area contributed by atoms with Crippen LogP contribution in [-0.2, 0) is 11.3 Å². The highest BCUT2D eigenvalue weighted by atomic mass is 35.5. The third-order valence-electron chi connectivity index (χ3n) is 4.82. The fraction of sp³-hybridized carbons (Fsp3) is 0.227. The minimum atomic E-state index is -0.990. The van der Waals surface area contributed by atoms with Crippen molar-refractivity contribution in [1.29, 1.82) is 0 Å². The van der Waals surface area contributed by atoms with Crippen LogP contribution in [0.15, 0.2) is 54.7 Å². The lowest BCUT2D eigenvalue weighted by Crippen LogP contribution is -2.36. The topological polar surface area (TPSA) is 99.6 Å². The largest absolute Gasteiger partial charge is 0.478 e. The number of ether oxygens (including phenoxy) is 1. The van der Waals surface area contributed by atoms with Crippen molar-refractivity contribution in [3.8, 4) is 0 Å². The summed E-state index contributed by atoms with van der Waals surface area (Å²) in [6.45, 7) is 3.21. The zero-order valence-electron chi connectivity index (χ0n) is 16.7. The van der Waals surface area contributed by atoms with Crippen LogP contribution in [0.1, 0.15) is 15.9 Å². The molecule has 0 bridgehead atoms. The number of hydrogen-bond donors (Lipinski definition) is 3. The smallest absolute Gasteiger partial charge is 0.335 e. The maximum Gasteiger partial charge on any atom is 0.335 e. The molecule has 0 aliphatic carbocycles. The first-order valence-electron chi connectivity index (χ1n) is 9.86. The number of halogens is 1. The Hall–Kier alpha value is -3.36. The molecule has 2 aromatic carbocycles. The number of nitrogens with zero attached hydrogens (tertiary/aromatic N) is 3. The summed E-state index contributed by atoms with van der Waals surface area (Å²) in [5.41, 5.74) is 2.65. The molecule has 0 unspecified atom stereocenters. The SMILES string of the molecule is O=C(O)c1cc(Nc2nccc(NCc3cccc(Cl)c3)n2)cc(N2CCOCC2)c1. The fourth-order valence-electron chi connectivity index (χ4n) is 3.30. The first-order valence-corrected chi connectivity index (χ1v) is 10.2. The molecule has 0 amide bonds. The van der Waals surface area contributed by atoms with Crippen molar-refractivity contribution < 1.29 is 14.6 Å². The second-order valence-corrected chi connectivity index (χ2v) is 7.48. The normalized spacial score (nSPS) is 13.6.